The molecule has 0 aromatic heterocycles. The number of amides is 13. The normalized spacial score (nSPS) is 23.1. The number of ether oxygens (including phenoxy) is 1. The molecule has 16 N–H and O–H groups in total. The van der Waals surface area contributed by atoms with Crippen LogP contribution in [0.5, 0.6) is 0 Å². The van der Waals surface area contributed by atoms with Crippen LogP contribution in [0.3, 0.4) is 0 Å². The number of carbonyl (C=O) groups excluding carboxylic acids is 14. The molecule has 2 heterocycles. The van der Waals surface area contributed by atoms with Crippen LogP contribution < -0.4 is 69.5 Å². The maximum absolute atomic E-state index is 15.1. The molecular formula is C75H126N14O17. The van der Waals surface area contributed by atoms with E-state index in [4.69, 9.17) is 10.5 Å². The molecular weight excluding hydrogens is 1370 g/mol. The van der Waals surface area contributed by atoms with Crippen LogP contribution in [0, 0.1) is 47.3 Å². The summed E-state index contributed by atoms with van der Waals surface area (Å²) in [7, 11) is 0. The van der Waals surface area contributed by atoms with Crippen molar-refractivity contribution in [1.82, 2.24) is 68.7 Å². The molecule has 31 nitrogen and oxygen atoms in total. The minimum absolute atomic E-state index is 0.0601. The minimum atomic E-state index is -1.86. The van der Waals surface area contributed by atoms with Gasteiger partial charge in [-0.1, -0.05) is 160 Å². The van der Waals surface area contributed by atoms with E-state index in [9.17, 15) is 67.7 Å². The highest BCUT2D eigenvalue weighted by Gasteiger charge is 2.45. The van der Waals surface area contributed by atoms with Gasteiger partial charge in [0.15, 0.2) is 0 Å². The van der Waals surface area contributed by atoms with Gasteiger partial charge in [-0.15, -0.1) is 0 Å². The Morgan fingerprint density at radius 2 is 1.07 bits per heavy atom. The number of carbonyl (C=O) groups is 14. The molecule has 1 aromatic rings. The van der Waals surface area contributed by atoms with Gasteiger partial charge in [-0.2, -0.15) is 0 Å². The zero-order chi connectivity index (χ0) is 80.3. The van der Waals surface area contributed by atoms with Gasteiger partial charge >= 0.3 is 5.97 Å². The average molecular weight is 1500 g/mol. The third kappa shape index (κ3) is 27.8. The maximum Gasteiger partial charge on any atom is 0.329 e. The first kappa shape index (κ1) is 91.9. The fraction of sp³-hybridized carbons (Fsp3) is 0.733. The molecule has 0 saturated carbocycles. The summed E-state index contributed by atoms with van der Waals surface area (Å²) in [6, 6.07) is -9.84. The van der Waals surface area contributed by atoms with E-state index in [0.717, 1.165) is 6.42 Å². The second kappa shape index (κ2) is 44.1. The van der Waals surface area contributed by atoms with Crippen LogP contribution >= 0.6 is 0 Å². The van der Waals surface area contributed by atoms with E-state index in [1.54, 1.807) is 127 Å². The first-order valence-electron chi connectivity index (χ1n) is 37.9. The number of aliphatic hydroxyl groups is 2. The number of hydrogen-bond acceptors (Lipinski definition) is 18. The number of likely N-dealkylation sites (tertiary alicyclic amines) is 1. The third-order valence-electron chi connectivity index (χ3n) is 19.5. The number of benzene rings is 1. The fourth-order valence-electron chi connectivity index (χ4n) is 12.3. The molecule has 0 unspecified atom stereocenters. The Kier molecular flexibility index (Phi) is 38.2. The topological polar surface area (TPSA) is 462 Å². The lowest BCUT2D eigenvalue weighted by molar-refractivity contribution is -0.157. The lowest BCUT2D eigenvalue weighted by atomic mass is 9.95. The van der Waals surface area contributed by atoms with E-state index < -0.39 is 215 Å². The Labute approximate surface area is 625 Å². The molecule has 0 spiro atoms. The smallest absolute Gasteiger partial charge is 0.329 e. The molecule has 2 saturated heterocycles. The van der Waals surface area contributed by atoms with E-state index in [0.29, 0.717) is 24.3 Å². The van der Waals surface area contributed by atoms with Crippen LogP contribution in [0.4, 0.5) is 0 Å². The number of aliphatic hydroxyl groups excluding tert-OH is 2. The molecule has 13 amide bonds. The number of nitrogens with one attached hydrogen (secondary N) is 12. The predicted octanol–water partition coefficient (Wildman–Crippen LogP) is 0.682. The molecule has 0 aliphatic carbocycles. The average Bonchev–Trinajstić information content (AvgIpc) is 1.58. The molecule has 2 aliphatic heterocycles. The van der Waals surface area contributed by atoms with Crippen LogP contribution in [0.25, 0.3) is 0 Å². The summed E-state index contributed by atoms with van der Waals surface area (Å²) in [6.45, 7) is 31.3. The minimum Gasteiger partial charge on any atom is -0.458 e. The van der Waals surface area contributed by atoms with Crippen LogP contribution in [0.15, 0.2) is 30.3 Å². The summed E-state index contributed by atoms with van der Waals surface area (Å²) in [5.74, 6) is -15.7. The second-order valence-electron chi connectivity index (χ2n) is 30.8. The summed E-state index contributed by atoms with van der Waals surface area (Å²) in [5, 5.41) is 53.9. The van der Waals surface area contributed by atoms with Gasteiger partial charge in [-0.25, -0.2) is 4.79 Å². The standard InChI is InChI=1S/C75H126N14O17/c1-20-43(15)58(70(100)88-62-47(19)106-75(105)57(42(13)14)83-72(102)60(45(17)90)86-64(94)50(36-48-29-23-22-24-30-48)78-66(96)54(39(7)8)80-69(99)59(44(16)21-2)85-73(62)103)84-63(93)49(31-26-34-76)77-65(95)51-32-27-35-89(51)74(104)56(41(11)12)82-68(98)55(40(9)10)81-71(101)61(46(18)91)87-67(97)53(38(5)6)79-52(92)33-25-28-37(3)4/h22-24,29-30,37-47,49-51,53-62,90-91H,20-21,25-28,31-36,76H2,1-19H3,(H,77,95)(H,78,96)(H,79,92)(H,80,99)(H,81,101)(H,82,98)(H,83,102)(H,84,93)(H,85,103)(H,86,94)(H,87,97)(H,88,100)/t43-,44-,45-,46-,47+,49+,50+,51-,53-,54-,55+,56-,57+,58-,59-,60-,61+,62-/m1/s1. The number of esters is 1. The highest BCUT2D eigenvalue weighted by atomic mass is 16.5. The van der Waals surface area contributed by atoms with Gasteiger partial charge in [-0.3, -0.25) is 62.3 Å². The number of cyclic esters (lactones) is 1. The molecule has 0 radical (unpaired) electrons. The fourth-order valence-corrected chi connectivity index (χ4v) is 12.3. The van der Waals surface area contributed by atoms with Gasteiger partial charge in [0, 0.05) is 19.4 Å². The van der Waals surface area contributed by atoms with Crippen LogP contribution in [-0.4, -0.2) is 208 Å². The van der Waals surface area contributed by atoms with Gasteiger partial charge in [0.1, 0.15) is 84.6 Å². The van der Waals surface area contributed by atoms with Crippen molar-refractivity contribution >= 4 is 82.8 Å². The van der Waals surface area contributed by atoms with E-state index in [1.165, 1.54) is 25.7 Å². The zero-order valence-corrected chi connectivity index (χ0v) is 65.8. The number of nitrogens with zero attached hydrogens (tertiary/aromatic N) is 1. The summed E-state index contributed by atoms with van der Waals surface area (Å²) in [4.78, 5) is 202. The quantitative estimate of drug-likeness (QED) is 0.0422. The van der Waals surface area contributed by atoms with Crippen molar-refractivity contribution in [3.63, 3.8) is 0 Å². The van der Waals surface area contributed by atoms with Crippen LogP contribution in [0.1, 0.15) is 195 Å². The Bertz CT molecular complexity index is 3130. The third-order valence-corrected chi connectivity index (χ3v) is 19.5. The first-order chi connectivity index (χ1) is 49.6. The Morgan fingerprint density at radius 3 is 1.59 bits per heavy atom. The molecule has 3 rings (SSSR count). The van der Waals surface area contributed by atoms with Gasteiger partial charge in [0.05, 0.1) is 12.2 Å². The maximum atomic E-state index is 15.1. The molecule has 1 aromatic carbocycles. The van der Waals surface area contributed by atoms with Crippen molar-refractivity contribution in [2.24, 2.45) is 53.1 Å². The Balaban J connectivity index is 2.01. The highest BCUT2D eigenvalue weighted by molar-refractivity contribution is 6.01. The predicted molar refractivity (Wildman–Crippen MR) is 397 cm³/mol. The number of hydrogen-bond donors (Lipinski definition) is 15. The molecule has 106 heavy (non-hydrogen) atoms. The molecule has 2 fully saturated rings. The van der Waals surface area contributed by atoms with E-state index >= 15 is 9.59 Å². The first-order valence-corrected chi connectivity index (χ1v) is 37.9. The van der Waals surface area contributed by atoms with Crippen molar-refractivity contribution in [3.05, 3.63) is 35.9 Å². The van der Waals surface area contributed by atoms with E-state index in [2.05, 4.69) is 63.8 Å². The Hall–Kier alpha value is -8.32. The van der Waals surface area contributed by atoms with Crippen LogP contribution in [-0.2, 0) is 78.3 Å². The summed E-state index contributed by atoms with van der Waals surface area (Å²) >= 11 is 0. The largest absolute Gasteiger partial charge is 0.458 e. The van der Waals surface area contributed by atoms with Crippen molar-refractivity contribution in [3.8, 4) is 0 Å². The monoisotopic (exact) mass is 1490 g/mol. The van der Waals surface area contributed by atoms with Crippen molar-refractivity contribution in [2.45, 2.75) is 293 Å². The van der Waals surface area contributed by atoms with E-state index in [1.807, 2.05) is 13.8 Å². The van der Waals surface area contributed by atoms with Crippen molar-refractivity contribution in [1.29, 1.82) is 0 Å². The van der Waals surface area contributed by atoms with Crippen molar-refractivity contribution < 1.29 is 82.1 Å². The highest BCUT2D eigenvalue weighted by Crippen LogP contribution is 2.23. The molecule has 0 bridgehead atoms. The summed E-state index contributed by atoms with van der Waals surface area (Å²) in [5.41, 5.74) is 6.57. The van der Waals surface area contributed by atoms with Crippen LogP contribution in [0.2, 0.25) is 0 Å². The molecule has 18 atom stereocenters. The Morgan fingerprint density at radius 1 is 0.557 bits per heavy atom. The number of rotatable bonds is 34. The van der Waals surface area contributed by atoms with E-state index in [-0.39, 0.29) is 63.9 Å². The van der Waals surface area contributed by atoms with Gasteiger partial charge in [0.2, 0.25) is 76.8 Å². The number of nitrogens with two attached hydrogens (primary N) is 1. The SMILES string of the molecule is CC[C@@H](C)[C@@H](NC(=O)[C@H](CCCN)NC(=O)[C@H]1CCCN1C(=O)[C@H](NC(=O)[C@@H](NC(=O)[C@@H](NC(=O)[C@H](NC(=O)CCCC(C)C)C(C)C)[C@@H](C)O)C(C)C)C(C)C)C(=O)N[C@H]1C(=O)N[C@H]([C@H](C)CC)C(=O)N[C@H](C(C)C)C(=O)N[C@@H](Cc2ccccc2)C(=O)N[C@H]([C@@H](C)O)C(=O)N[C@@H](C(C)C)C(=O)O[C@H]1C. The zero-order valence-electron chi connectivity index (χ0n) is 65.8. The second-order valence-corrected chi connectivity index (χ2v) is 30.8. The van der Waals surface area contributed by atoms with Crippen molar-refractivity contribution in [2.75, 3.05) is 13.1 Å². The lowest BCUT2D eigenvalue weighted by Crippen LogP contribution is -2.64. The summed E-state index contributed by atoms with van der Waals surface area (Å²) in [6.07, 6.45) is -2.03. The molecule has 2 aliphatic rings. The van der Waals surface area contributed by atoms with Gasteiger partial charge < -0.3 is 89.4 Å². The lowest BCUT2D eigenvalue weighted by Gasteiger charge is -2.34. The summed E-state index contributed by atoms with van der Waals surface area (Å²) < 4.78 is 5.95. The van der Waals surface area contributed by atoms with Gasteiger partial charge in [0.25, 0.3) is 0 Å². The molecule has 31 heteroatoms. The molecule has 598 valence electrons. The van der Waals surface area contributed by atoms with Gasteiger partial charge in [-0.05, 0) is 112 Å².